The highest BCUT2D eigenvalue weighted by Crippen LogP contribution is 2.31. The number of para-hydroxylation sites is 1. The van der Waals surface area contributed by atoms with Crippen LogP contribution >= 0.6 is 0 Å². The van der Waals surface area contributed by atoms with Crippen LogP contribution in [0.4, 0.5) is 33.2 Å². The van der Waals surface area contributed by atoms with E-state index in [1.807, 2.05) is 67.5 Å². The molecule has 0 unspecified atom stereocenters. The number of carbonyl (C=O) groups excluding carboxylic acids is 1. The minimum Gasteiger partial charge on any atom is -0.383 e. The van der Waals surface area contributed by atoms with Crippen LogP contribution in [0.15, 0.2) is 72.9 Å². The van der Waals surface area contributed by atoms with Crippen molar-refractivity contribution in [2.75, 3.05) is 68.6 Å². The third kappa shape index (κ3) is 7.13. The van der Waals surface area contributed by atoms with Crippen LogP contribution in [0.3, 0.4) is 0 Å². The van der Waals surface area contributed by atoms with E-state index >= 15 is 0 Å². The molecule has 0 radical (unpaired) electrons. The first-order valence-corrected chi connectivity index (χ1v) is 13.4. The number of fused-ring (bicyclic) bond motifs is 1. The van der Waals surface area contributed by atoms with Gasteiger partial charge in [-0.2, -0.15) is 4.98 Å². The van der Waals surface area contributed by atoms with Gasteiger partial charge in [-0.1, -0.05) is 18.2 Å². The Balaban J connectivity index is 1.32. The van der Waals surface area contributed by atoms with Gasteiger partial charge in [0, 0.05) is 66.5 Å². The van der Waals surface area contributed by atoms with Crippen LogP contribution in [0.2, 0.25) is 0 Å². The number of carbonyl (C=O) groups is 1. The molecule has 1 aliphatic rings. The molecule has 5 rings (SSSR count). The number of likely N-dealkylation sites (N-methyl/N-ethyl adjacent to an activating group) is 1. The number of amides is 1. The lowest BCUT2D eigenvalue weighted by Gasteiger charge is -2.39. The smallest absolute Gasteiger partial charge is 0.248 e. The number of alkyl halides is 1. The van der Waals surface area contributed by atoms with Crippen LogP contribution in [0, 0.1) is 0 Å². The molecule has 11 heteroatoms. The Morgan fingerprint density at radius 3 is 2.63 bits per heavy atom. The number of halogens is 1. The van der Waals surface area contributed by atoms with Gasteiger partial charge in [0.1, 0.15) is 12.5 Å². The maximum absolute atomic E-state index is 12.5. The highest BCUT2D eigenvalue weighted by molar-refractivity contribution is 6.01. The zero-order valence-electron chi connectivity index (χ0n) is 23.1. The molecule has 0 aliphatic carbocycles. The van der Waals surface area contributed by atoms with Gasteiger partial charge in [-0.05, 0) is 56.6 Å². The fraction of sp³-hybridized carbons (Fsp3) is 0.267. The van der Waals surface area contributed by atoms with Crippen molar-refractivity contribution in [3.05, 3.63) is 72.9 Å². The SMILES string of the molecule is CN(C)CC=CC(=O)Nc1ccnc(-c2cccc3c(N)nc(Nc4ccc(NC5CN(CCF)C5)cc4)nc23)c1. The van der Waals surface area contributed by atoms with Gasteiger partial charge in [0.2, 0.25) is 11.9 Å². The van der Waals surface area contributed by atoms with Crippen molar-refractivity contribution in [3.63, 3.8) is 0 Å². The van der Waals surface area contributed by atoms with Gasteiger partial charge in [-0.25, -0.2) is 9.37 Å². The van der Waals surface area contributed by atoms with Crippen LogP contribution in [-0.4, -0.2) is 83.6 Å². The molecular formula is C30H34FN9O. The van der Waals surface area contributed by atoms with E-state index in [2.05, 4.69) is 30.8 Å². The molecule has 5 N–H and O–H groups in total. The minimum atomic E-state index is -0.313. The number of aromatic nitrogens is 3. The number of benzene rings is 2. The Bertz CT molecular complexity index is 1540. The number of pyridine rings is 1. The molecule has 2 aromatic carbocycles. The molecule has 1 aliphatic heterocycles. The molecule has 0 bridgehead atoms. The number of nitrogens with zero attached hydrogens (tertiary/aromatic N) is 5. The third-order valence-electron chi connectivity index (χ3n) is 6.67. The number of nitrogens with two attached hydrogens (primary N) is 1. The highest BCUT2D eigenvalue weighted by atomic mass is 19.1. The summed E-state index contributed by atoms with van der Waals surface area (Å²) < 4.78 is 12.5. The molecule has 1 saturated heterocycles. The lowest BCUT2D eigenvalue weighted by atomic mass is 10.1. The topological polar surface area (TPSA) is 124 Å². The molecule has 0 atom stereocenters. The molecule has 0 saturated carbocycles. The molecule has 10 nitrogen and oxygen atoms in total. The van der Waals surface area contributed by atoms with Gasteiger partial charge in [0.25, 0.3) is 0 Å². The zero-order valence-corrected chi connectivity index (χ0v) is 23.1. The number of nitrogen functional groups attached to an aromatic ring is 1. The summed E-state index contributed by atoms with van der Waals surface area (Å²) in [4.78, 5) is 30.2. The molecule has 0 spiro atoms. The largest absolute Gasteiger partial charge is 0.383 e. The van der Waals surface area contributed by atoms with Gasteiger partial charge in [0.05, 0.1) is 17.3 Å². The Hall–Kier alpha value is -4.61. The first-order chi connectivity index (χ1) is 19.9. The number of hydrogen-bond acceptors (Lipinski definition) is 9. The van der Waals surface area contributed by atoms with Gasteiger partial charge < -0.3 is 26.6 Å². The quantitative estimate of drug-likeness (QED) is 0.202. The monoisotopic (exact) mass is 555 g/mol. The van der Waals surface area contributed by atoms with Crippen molar-refractivity contribution in [1.82, 2.24) is 24.8 Å². The predicted molar refractivity (Wildman–Crippen MR) is 163 cm³/mol. The van der Waals surface area contributed by atoms with E-state index in [-0.39, 0.29) is 12.6 Å². The van der Waals surface area contributed by atoms with Crippen LogP contribution in [-0.2, 0) is 4.79 Å². The summed E-state index contributed by atoms with van der Waals surface area (Å²) >= 11 is 0. The number of anilines is 5. The van der Waals surface area contributed by atoms with E-state index < -0.39 is 0 Å². The van der Waals surface area contributed by atoms with Crippen molar-refractivity contribution >= 4 is 45.6 Å². The number of likely N-dealkylation sites (tertiary alicyclic amines) is 1. The van der Waals surface area contributed by atoms with Crippen LogP contribution in [0.25, 0.3) is 22.2 Å². The van der Waals surface area contributed by atoms with Crippen molar-refractivity contribution < 1.29 is 9.18 Å². The summed E-state index contributed by atoms with van der Waals surface area (Å²) in [7, 11) is 3.88. The Kier molecular flexibility index (Phi) is 8.66. The summed E-state index contributed by atoms with van der Waals surface area (Å²) in [6.07, 6.45) is 4.97. The fourth-order valence-corrected chi connectivity index (χ4v) is 4.63. The summed E-state index contributed by atoms with van der Waals surface area (Å²) in [5.74, 6) is 0.489. The zero-order chi connectivity index (χ0) is 28.8. The highest BCUT2D eigenvalue weighted by Gasteiger charge is 2.25. The summed E-state index contributed by atoms with van der Waals surface area (Å²) in [5.41, 5.74) is 10.8. The van der Waals surface area contributed by atoms with Gasteiger partial charge in [-0.15, -0.1) is 0 Å². The second kappa shape index (κ2) is 12.7. The molecule has 41 heavy (non-hydrogen) atoms. The summed E-state index contributed by atoms with van der Waals surface area (Å²) in [6.45, 7) is 2.53. The summed E-state index contributed by atoms with van der Waals surface area (Å²) in [6, 6.07) is 17.4. The van der Waals surface area contributed by atoms with Crippen LogP contribution in [0.5, 0.6) is 0 Å². The van der Waals surface area contributed by atoms with Crippen LogP contribution < -0.4 is 21.7 Å². The molecule has 2 aromatic heterocycles. The third-order valence-corrected chi connectivity index (χ3v) is 6.67. The number of nitrogens with one attached hydrogen (secondary N) is 3. The normalized spacial score (nSPS) is 14.0. The first kappa shape index (κ1) is 27.9. The maximum atomic E-state index is 12.5. The Morgan fingerprint density at radius 2 is 1.88 bits per heavy atom. The number of hydrogen-bond donors (Lipinski definition) is 4. The van der Waals surface area contributed by atoms with E-state index in [1.54, 1.807) is 18.3 Å². The lowest BCUT2D eigenvalue weighted by molar-refractivity contribution is -0.111. The number of rotatable bonds is 11. The standard InChI is InChI=1S/C30H34FN9O/c1-39(2)15-4-7-27(41)35-22-12-14-33-26(17-22)24-5-3-6-25-28(24)37-30(38-29(25)32)36-21-10-8-20(9-11-21)34-23-18-40(19-23)16-13-31/h3-12,14,17,23,34H,13,15-16,18-19H2,1-2H3,(H,33,35,41)(H3,32,36,37,38). The van der Waals surface area contributed by atoms with Crippen molar-refractivity contribution in [1.29, 1.82) is 0 Å². The Labute approximate surface area is 238 Å². The van der Waals surface area contributed by atoms with E-state index in [4.69, 9.17) is 10.7 Å². The molecule has 3 heterocycles. The average molecular weight is 556 g/mol. The van der Waals surface area contributed by atoms with Crippen molar-refractivity contribution in [2.24, 2.45) is 0 Å². The van der Waals surface area contributed by atoms with E-state index in [9.17, 15) is 9.18 Å². The molecule has 1 amide bonds. The molecule has 212 valence electrons. The second-order valence-electron chi connectivity index (χ2n) is 10.2. The molecule has 4 aromatic rings. The van der Waals surface area contributed by atoms with Crippen molar-refractivity contribution in [3.8, 4) is 11.3 Å². The van der Waals surface area contributed by atoms with E-state index in [1.165, 1.54) is 6.08 Å². The second-order valence-corrected chi connectivity index (χ2v) is 10.2. The maximum Gasteiger partial charge on any atom is 0.248 e. The van der Waals surface area contributed by atoms with Gasteiger partial charge in [0.15, 0.2) is 0 Å². The molecule has 1 fully saturated rings. The predicted octanol–water partition coefficient (Wildman–Crippen LogP) is 4.14. The van der Waals surface area contributed by atoms with E-state index in [0.717, 1.165) is 30.0 Å². The van der Waals surface area contributed by atoms with Gasteiger partial charge in [-0.3, -0.25) is 14.7 Å². The average Bonchev–Trinajstić information content (AvgIpc) is 2.92. The summed E-state index contributed by atoms with van der Waals surface area (Å²) in [5, 5.41) is 10.3. The van der Waals surface area contributed by atoms with Crippen molar-refractivity contribution in [2.45, 2.75) is 6.04 Å². The minimum absolute atomic E-state index is 0.215. The van der Waals surface area contributed by atoms with E-state index in [0.29, 0.717) is 53.2 Å². The fourth-order valence-electron chi connectivity index (χ4n) is 4.63. The Morgan fingerprint density at radius 1 is 1.10 bits per heavy atom. The van der Waals surface area contributed by atoms with Crippen LogP contribution in [0.1, 0.15) is 0 Å². The first-order valence-electron chi connectivity index (χ1n) is 13.4. The molecular weight excluding hydrogens is 521 g/mol. The lowest BCUT2D eigenvalue weighted by Crippen LogP contribution is -2.55. The van der Waals surface area contributed by atoms with Gasteiger partial charge >= 0.3 is 0 Å².